The van der Waals surface area contributed by atoms with E-state index >= 15 is 0 Å². The summed E-state index contributed by atoms with van der Waals surface area (Å²) in [5, 5.41) is 10.2. The van der Waals surface area contributed by atoms with Crippen LogP contribution in [0.3, 0.4) is 0 Å². The largest absolute Gasteiger partial charge is 0.456 e. The molecule has 0 bridgehead atoms. The first-order valence-electron chi connectivity index (χ1n) is 9.35. The lowest BCUT2D eigenvalue weighted by Gasteiger charge is -2.28. The van der Waals surface area contributed by atoms with Gasteiger partial charge in [-0.2, -0.15) is 5.26 Å². The molecule has 1 fully saturated rings. The number of hydrogen-bond acceptors (Lipinski definition) is 8. The minimum absolute atomic E-state index is 0.392. The van der Waals surface area contributed by atoms with E-state index in [1.807, 2.05) is 25.1 Å². The number of thiazole rings is 1. The molecule has 1 aliphatic rings. The first-order valence-corrected chi connectivity index (χ1v) is 10.2. The number of morpholine rings is 1. The Morgan fingerprint density at radius 1 is 1.28 bits per heavy atom. The highest BCUT2D eigenvalue weighted by molar-refractivity contribution is 7.15. The standard InChI is InChI=1S/C21H21N5O2S/c1-14-8-16(10-20(25-14)26-4-6-27-7-5-26)28-18-9-15(11-22)2-3-17(18)19-13-24-21(12-23)29-19/h2-3,8-10,13H,4-7,12,23H2,1H3. The SMILES string of the molecule is Cc1cc(Oc2cc(C#N)ccc2-c2cnc(CN)s2)cc(N2CCOCC2)n1. The molecular weight excluding hydrogens is 386 g/mol. The highest BCUT2D eigenvalue weighted by Crippen LogP contribution is 2.37. The van der Waals surface area contributed by atoms with Gasteiger partial charge >= 0.3 is 0 Å². The first-order chi connectivity index (χ1) is 14.2. The van der Waals surface area contributed by atoms with Gasteiger partial charge in [0.15, 0.2) is 0 Å². The number of ether oxygens (including phenoxy) is 2. The van der Waals surface area contributed by atoms with Crippen LogP contribution in [0.1, 0.15) is 16.3 Å². The number of pyridine rings is 1. The van der Waals surface area contributed by atoms with Crippen molar-refractivity contribution in [1.29, 1.82) is 5.26 Å². The predicted molar refractivity (Wildman–Crippen MR) is 112 cm³/mol. The number of nitrogens with two attached hydrogens (primary N) is 1. The molecule has 0 amide bonds. The molecule has 1 saturated heterocycles. The Hall–Kier alpha value is -2.99. The van der Waals surface area contributed by atoms with E-state index in [4.69, 9.17) is 15.2 Å². The maximum Gasteiger partial charge on any atom is 0.137 e. The van der Waals surface area contributed by atoms with Crippen LogP contribution in [0.15, 0.2) is 36.5 Å². The maximum absolute atomic E-state index is 9.33. The number of anilines is 1. The summed E-state index contributed by atoms with van der Waals surface area (Å²) in [5.41, 5.74) is 7.98. The summed E-state index contributed by atoms with van der Waals surface area (Å²) in [7, 11) is 0. The monoisotopic (exact) mass is 407 g/mol. The van der Waals surface area contributed by atoms with Gasteiger partial charge in [-0.25, -0.2) is 9.97 Å². The van der Waals surface area contributed by atoms with Crippen LogP contribution in [0, 0.1) is 18.3 Å². The molecule has 4 rings (SSSR count). The molecule has 3 aromatic rings. The average Bonchev–Trinajstić information content (AvgIpc) is 3.23. The molecule has 8 heteroatoms. The van der Waals surface area contributed by atoms with Gasteiger partial charge in [0.25, 0.3) is 0 Å². The number of nitrogens with zero attached hydrogens (tertiary/aromatic N) is 4. The minimum Gasteiger partial charge on any atom is -0.456 e. The van der Waals surface area contributed by atoms with Gasteiger partial charge in [0.2, 0.25) is 0 Å². The highest BCUT2D eigenvalue weighted by Gasteiger charge is 2.16. The van der Waals surface area contributed by atoms with Crippen molar-refractivity contribution in [3.8, 4) is 28.0 Å². The summed E-state index contributed by atoms with van der Waals surface area (Å²) < 4.78 is 11.7. The molecule has 0 spiro atoms. The van der Waals surface area contributed by atoms with Crippen molar-refractivity contribution < 1.29 is 9.47 Å². The van der Waals surface area contributed by atoms with Crippen LogP contribution < -0.4 is 15.4 Å². The zero-order valence-electron chi connectivity index (χ0n) is 16.1. The smallest absolute Gasteiger partial charge is 0.137 e. The number of aromatic nitrogens is 2. The number of benzene rings is 1. The van der Waals surface area contributed by atoms with Crippen LogP contribution >= 0.6 is 11.3 Å². The number of nitriles is 1. The lowest BCUT2D eigenvalue weighted by Crippen LogP contribution is -2.36. The summed E-state index contributed by atoms with van der Waals surface area (Å²) in [6.07, 6.45) is 1.79. The van der Waals surface area contributed by atoms with E-state index in [1.54, 1.807) is 18.3 Å². The summed E-state index contributed by atoms with van der Waals surface area (Å²) in [6, 6.07) is 11.4. The molecule has 0 unspecified atom stereocenters. The molecule has 3 heterocycles. The lowest BCUT2D eigenvalue weighted by molar-refractivity contribution is 0.122. The van der Waals surface area contributed by atoms with E-state index in [2.05, 4.69) is 20.9 Å². The number of aryl methyl sites for hydroxylation is 1. The van der Waals surface area contributed by atoms with Crippen LogP contribution in [0.5, 0.6) is 11.5 Å². The first kappa shape index (κ1) is 19.3. The molecule has 0 atom stereocenters. The van der Waals surface area contributed by atoms with Gasteiger partial charge in [-0.3, -0.25) is 0 Å². The fourth-order valence-electron chi connectivity index (χ4n) is 3.17. The third-order valence-corrected chi connectivity index (χ3v) is 5.63. The van der Waals surface area contributed by atoms with Crippen molar-refractivity contribution >= 4 is 17.2 Å². The Balaban J connectivity index is 1.70. The molecule has 2 aromatic heterocycles. The third-order valence-electron chi connectivity index (χ3n) is 4.58. The topological polar surface area (TPSA) is 97.3 Å². The van der Waals surface area contributed by atoms with Crippen LogP contribution in [-0.4, -0.2) is 36.3 Å². The lowest BCUT2D eigenvalue weighted by atomic mass is 10.1. The van der Waals surface area contributed by atoms with Crippen molar-refractivity contribution in [3.63, 3.8) is 0 Å². The highest BCUT2D eigenvalue weighted by atomic mass is 32.1. The summed E-state index contributed by atoms with van der Waals surface area (Å²) in [6.45, 7) is 5.31. The molecule has 1 aliphatic heterocycles. The van der Waals surface area contributed by atoms with Crippen molar-refractivity contribution in [3.05, 3.63) is 52.8 Å². The van der Waals surface area contributed by atoms with E-state index in [9.17, 15) is 5.26 Å². The Bertz CT molecular complexity index is 1050. The molecule has 29 heavy (non-hydrogen) atoms. The second-order valence-corrected chi connectivity index (χ2v) is 7.76. The second-order valence-electron chi connectivity index (χ2n) is 6.65. The van der Waals surface area contributed by atoms with Crippen LogP contribution in [0.2, 0.25) is 0 Å². The van der Waals surface area contributed by atoms with E-state index in [-0.39, 0.29) is 0 Å². The van der Waals surface area contributed by atoms with Gasteiger partial charge < -0.3 is 20.1 Å². The minimum atomic E-state index is 0.392. The zero-order valence-corrected chi connectivity index (χ0v) is 16.9. The Labute approximate surface area is 173 Å². The van der Waals surface area contributed by atoms with Gasteiger partial charge in [0.1, 0.15) is 22.3 Å². The molecule has 0 aliphatic carbocycles. The van der Waals surface area contributed by atoms with Gasteiger partial charge in [0, 0.05) is 49.2 Å². The van der Waals surface area contributed by atoms with Crippen molar-refractivity contribution in [2.75, 3.05) is 31.2 Å². The molecule has 7 nitrogen and oxygen atoms in total. The van der Waals surface area contributed by atoms with Gasteiger partial charge in [-0.05, 0) is 25.1 Å². The number of hydrogen-bond donors (Lipinski definition) is 1. The second kappa shape index (κ2) is 8.57. The fraction of sp³-hybridized carbons (Fsp3) is 0.286. The summed E-state index contributed by atoms with van der Waals surface area (Å²) in [5.74, 6) is 2.15. The van der Waals surface area contributed by atoms with Crippen molar-refractivity contribution in [2.24, 2.45) is 5.73 Å². The molecule has 2 N–H and O–H groups in total. The Kier molecular flexibility index (Phi) is 5.71. The quantitative estimate of drug-likeness (QED) is 0.691. The van der Waals surface area contributed by atoms with E-state index in [0.717, 1.165) is 40.0 Å². The molecular formula is C21H21N5O2S. The predicted octanol–water partition coefficient (Wildman–Crippen LogP) is 3.47. The van der Waals surface area contributed by atoms with Crippen molar-refractivity contribution in [1.82, 2.24) is 9.97 Å². The maximum atomic E-state index is 9.33. The zero-order chi connectivity index (χ0) is 20.2. The van der Waals surface area contributed by atoms with Crippen LogP contribution in [0.4, 0.5) is 5.82 Å². The van der Waals surface area contributed by atoms with E-state index < -0.39 is 0 Å². The van der Waals surface area contributed by atoms with Gasteiger partial charge in [0.05, 0.1) is 29.7 Å². The normalized spacial score (nSPS) is 13.9. The summed E-state index contributed by atoms with van der Waals surface area (Å²) in [4.78, 5) is 12.1. The summed E-state index contributed by atoms with van der Waals surface area (Å²) >= 11 is 1.52. The molecule has 148 valence electrons. The van der Waals surface area contributed by atoms with Gasteiger partial charge in [-0.1, -0.05) is 0 Å². The molecule has 1 aromatic carbocycles. The Morgan fingerprint density at radius 3 is 2.83 bits per heavy atom. The Morgan fingerprint density at radius 2 is 2.10 bits per heavy atom. The van der Waals surface area contributed by atoms with E-state index in [0.29, 0.717) is 36.8 Å². The van der Waals surface area contributed by atoms with Crippen molar-refractivity contribution in [2.45, 2.75) is 13.5 Å². The third kappa shape index (κ3) is 4.38. The number of rotatable bonds is 5. The van der Waals surface area contributed by atoms with Crippen LogP contribution in [-0.2, 0) is 11.3 Å². The average molecular weight is 407 g/mol. The van der Waals surface area contributed by atoms with E-state index in [1.165, 1.54) is 11.3 Å². The molecule has 0 radical (unpaired) electrons. The van der Waals surface area contributed by atoms with Gasteiger partial charge in [-0.15, -0.1) is 11.3 Å². The fourth-order valence-corrected chi connectivity index (χ4v) is 4.00. The molecule has 0 saturated carbocycles. The van der Waals surface area contributed by atoms with Crippen LogP contribution in [0.25, 0.3) is 10.4 Å².